The number of benzene rings is 1. The molecule has 1 fully saturated rings. The zero-order chi connectivity index (χ0) is 18.6. The molecule has 0 aliphatic carbocycles. The van der Waals surface area contributed by atoms with Gasteiger partial charge in [0, 0.05) is 17.9 Å². The van der Waals surface area contributed by atoms with Crippen LogP contribution in [0.5, 0.6) is 17.2 Å². The highest BCUT2D eigenvalue weighted by Gasteiger charge is 2.43. The SMILES string of the molecule is COc1cc(C(C(C#N)C#N)C2C(C)NNC2O)cc(OC)c1OC. The van der Waals surface area contributed by atoms with E-state index in [0.29, 0.717) is 22.8 Å². The minimum absolute atomic E-state index is 0.150. The minimum atomic E-state index is -0.952. The second-order valence-electron chi connectivity index (χ2n) is 5.82. The highest BCUT2D eigenvalue weighted by molar-refractivity contribution is 5.55. The fraction of sp³-hybridized carbons (Fsp3) is 0.529. The van der Waals surface area contributed by atoms with Crippen LogP contribution in [-0.2, 0) is 0 Å². The molecule has 0 bridgehead atoms. The van der Waals surface area contributed by atoms with E-state index in [-0.39, 0.29) is 6.04 Å². The number of hydrogen-bond donors (Lipinski definition) is 3. The zero-order valence-electron chi connectivity index (χ0n) is 14.6. The molecule has 8 nitrogen and oxygen atoms in total. The smallest absolute Gasteiger partial charge is 0.203 e. The molecule has 25 heavy (non-hydrogen) atoms. The average Bonchev–Trinajstić information content (AvgIpc) is 2.96. The molecule has 0 spiro atoms. The van der Waals surface area contributed by atoms with Crippen LogP contribution in [0.4, 0.5) is 0 Å². The van der Waals surface area contributed by atoms with Gasteiger partial charge in [-0.1, -0.05) is 0 Å². The molecular weight excluding hydrogens is 324 g/mol. The van der Waals surface area contributed by atoms with E-state index in [4.69, 9.17) is 14.2 Å². The van der Waals surface area contributed by atoms with Crippen molar-refractivity contribution in [3.8, 4) is 29.4 Å². The molecule has 4 unspecified atom stereocenters. The van der Waals surface area contributed by atoms with Crippen molar-refractivity contribution in [3.05, 3.63) is 17.7 Å². The van der Waals surface area contributed by atoms with Crippen LogP contribution < -0.4 is 25.1 Å². The number of hydrogen-bond acceptors (Lipinski definition) is 8. The summed E-state index contributed by atoms with van der Waals surface area (Å²) in [5, 5.41) is 29.2. The predicted molar refractivity (Wildman–Crippen MR) is 88.8 cm³/mol. The first-order valence-corrected chi connectivity index (χ1v) is 7.80. The van der Waals surface area contributed by atoms with Crippen LogP contribution in [0.25, 0.3) is 0 Å². The van der Waals surface area contributed by atoms with Crippen molar-refractivity contribution in [2.45, 2.75) is 25.1 Å². The number of nitrogens with one attached hydrogen (secondary N) is 2. The lowest BCUT2D eigenvalue weighted by Crippen LogP contribution is -2.35. The molecule has 1 saturated heterocycles. The first kappa shape index (κ1) is 18.8. The van der Waals surface area contributed by atoms with Crippen LogP contribution in [0, 0.1) is 34.5 Å². The van der Waals surface area contributed by atoms with Gasteiger partial charge in [0.05, 0.1) is 33.5 Å². The van der Waals surface area contributed by atoms with Crippen molar-refractivity contribution in [2.75, 3.05) is 21.3 Å². The van der Waals surface area contributed by atoms with Crippen molar-refractivity contribution < 1.29 is 19.3 Å². The topological polar surface area (TPSA) is 120 Å². The highest BCUT2D eigenvalue weighted by atomic mass is 16.5. The Morgan fingerprint density at radius 3 is 1.96 bits per heavy atom. The van der Waals surface area contributed by atoms with Gasteiger partial charge in [0.15, 0.2) is 11.5 Å². The lowest BCUT2D eigenvalue weighted by Gasteiger charge is -2.29. The number of nitriles is 2. The second kappa shape index (κ2) is 8.04. The largest absolute Gasteiger partial charge is 0.493 e. The maximum absolute atomic E-state index is 10.3. The summed E-state index contributed by atoms with van der Waals surface area (Å²) in [6.45, 7) is 1.88. The van der Waals surface area contributed by atoms with Gasteiger partial charge in [-0.15, -0.1) is 0 Å². The van der Waals surface area contributed by atoms with Crippen LogP contribution in [-0.4, -0.2) is 38.7 Å². The van der Waals surface area contributed by atoms with Crippen molar-refractivity contribution in [2.24, 2.45) is 11.8 Å². The minimum Gasteiger partial charge on any atom is -0.493 e. The van der Waals surface area contributed by atoms with Crippen LogP contribution in [0.1, 0.15) is 18.4 Å². The summed E-state index contributed by atoms with van der Waals surface area (Å²) in [4.78, 5) is 0. The number of hydrazine groups is 1. The second-order valence-corrected chi connectivity index (χ2v) is 5.82. The molecule has 1 aromatic rings. The summed E-state index contributed by atoms with van der Waals surface area (Å²) >= 11 is 0. The Morgan fingerprint density at radius 1 is 1.04 bits per heavy atom. The third kappa shape index (κ3) is 3.47. The first-order valence-electron chi connectivity index (χ1n) is 7.80. The number of nitrogens with zero attached hydrogens (tertiary/aromatic N) is 2. The molecule has 2 rings (SSSR count). The van der Waals surface area contributed by atoms with E-state index < -0.39 is 24.0 Å². The summed E-state index contributed by atoms with van der Waals surface area (Å²) in [5.74, 6) is -0.626. The Labute approximate surface area is 146 Å². The molecule has 0 saturated carbocycles. The maximum atomic E-state index is 10.3. The first-order chi connectivity index (χ1) is 12.0. The molecule has 1 heterocycles. The van der Waals surface area contributed by atoms with E-state index in [1.54, 1.807) is 12.1 Å². The monoisotopic (exact) mass is 346 g/mol. The Bertz CT molecular complexity index is 648. The third-order valence-electron chi connectivity index (χ3n) is 4.52. The highest BCUT2D eigenvalue weighted by Crippen LogP contribution is 2.44. The van der Waals surface area contributed by atoms with Gasteiger partial charge in [0.2, 0.25) is 5.75 Å². The molecule has 1 aliphatic heterocycles. The zero-order valence-corrected chi connectivity index (χ0v) is 14.6. The number of ether oxygens (including phenoxy) is 3. The van der Waals surface area contributed by atoms with Crippen LogP contribution in [0.2, 0.25) is 0 Å². The standard InChI is InChI=1S/C17H22N4O4/c1-9-14(17(22)21-20-9)15(11(7-18)8-19)10-5-12(23-2)16(25-4)13(6-10)24-3/h5-6,9,11,14-15,17,20-22H,1-4H3. The predicted octanol–water partition coefficient (Wildman–Crippen LogP) is 0.890. The van der Waals surface area contributed by atoms with Gasteiger partial charge in [-0.25, -0.2) is 5.43 Å². The van der Waals surface area contributed by atoms with Crippen LogP contribution in [0.15, 0.2) is 12.1 Å². The molecule has 0 amide bonds. The van der Waals surface area contributed by atoms with Gasteiger partial charge in [-0.3, -0.25) is 5.43 Å². The molecule has 4 atom stereocenters. The summed E-state index contributed by atoms with van der Waals surface area (Å²) in [6.07, 6.45) is -0.900. The Morgan fingerprint density at radius 2 is 1.60 bits per heavy atom. The Balaban J connectivity index is 2.62. The fourth-order valence-electron chi connectivity index (χ4n) is 3.31. The molecule has 0 aromatic heterocycles. The molecule has 0 radical (unpaired) electrons. The van der Waals surface area contributed by atoms with Crippen LogP contribution in [0.3, 0.4) is 0 Å². The quantitative estimate of drug-likeness (QED) is 0.695. The molecule has 134 valence electrons. The van der Waals surface area contributed by atoms with Crippen molar-refractivity contribution in [3.63, 3.8) is 0 Å². The maximum Gasteiger partial charge on any atom is 0.203 e. The average molecular weight is 346 g/mol. The van der Waals surface area contributed by atoms with Gasteiger partial charge in [-0.2, -0.15) is 10.5 Å². The summed E-state index contributed by atoms with van der Waals surface area (Å²) in [7, 11) is 4.50. The van der Waals surface area contributed by atoms with E-state index in [1.807, 2.05) is 19.1 Å². The van der Waals surface area contributed by atoms with E-state index >= 15 is 0 Å². The number of methoxy groups -OCH3 is 3. The molecule has 8 heteroatoms. The summed E-state index contributed by atoms with van der Waals surface area (Å²) in [6, 6.07) is 7.34. The number of aliphatic hydroxyl groups excluding tert-OH is 1. The lowest BCUT2D eigenvalue weighted by atomic mass is 9.74. The van der Waals surface area contributed by atoms with Crippen molar-refractivity contribution >= 4 is 0 Å². The Hall–Kier alpha value is -2.52. The van der Waals surface area contributed by atoms with Crippen molar-refractivity contribution in [1.29, 1.82) is 10.5 Å². The fourth-order valence-corrected chi connectivity index (χ4v) is 3.31. The van der Waals surface area contributed by atoms with Gasteiger partial charge in [0.1, 0.15) is 12.1 Å². The molecule has 1 aliphatic rings. The third-order valence-corrected chi connectivity index (χ3v) is 4.52. The van der Waals surface area contributed by atoms with E-state index in [9.17, 15) is 15.6 Å². The summed E-state index contributed by atoms with van der Waals surface area (Å²) in [5.41, 5.74) is 6.35. The van der Waals surface area contributed by atoms with Crippen molar-refractivity contribution in [1.82, 2.24) is 10.9 Å². The van der Waals surface area contributed by atoms with Gasteiger partial charge in [-0.05, 0) is 24.6 Å². The van der Waals surface area contributed by atoms with Gasteiger partial charge < -0.3 is 19.3 Å². The molecule has 3 N–H and O–H groups in total. The van der Waals surface area contributed by atoms with E-state index in [0.717, 1.165) is 0 Å². The number of rotatable bonds is 6. The van der Waals surface area contributed by atoms with Gasteiger partial charge in [0.25, 0.3) is 0 Å². The molecular formula is C17H22N4O4. The summed E-state index contributed by atoms with van der Waals surface area (Å²) < 4.78 is 16.1. The number of aliphatic hydroxyl groups is 1. The van der Waals surface area contributed by atoms with E-state index in [1.165, 1.54) is 21.3 Å². The lowest BCUT2D eigenvalue weighted by molar-refractivity contribution is 0.0893. The normalized spacial score (nSPS) is 23.6. The van der Waals surface area contributed by atoms with E-state index in [2.05, 4.69) is 10.9 Å². The molecule has 1 aromatic carbocycles. The van der Waals surface area contributed by atoms with Crippen LogP contribution >= 0.6 is 0 Å². The van der Waals surface area contributed by atoms with Gasteiger partial charge >= 0.3 is 0 Å². The Kier molecular flexibility index (Phi) is 6.05.